The van der Waals surface area contributed by atoms with Crippen LogP contribution < -0.4 is 9.47 Å². The van der Waals surface area contributed by atoms with Gasteiger partial charge in [-0.25, -0.2) is 4.68 Å². The van der Waals surface area contributed by atoms with Gasteiger partial charge in [0.2, 0.25) is 5.88 Å². The fraction of sp³-hybridized carbons (Fsp3) is 0.444. The van der Waals surface area contributed by atoms with Crippen LogP contribution >= 0.6 is 0 Å². The molecule has 0 spiro atoms. The Morgan fingerprint density at radius 1 is 1.00 bits per heavy atom. The lowest BCUT2D eigenvalue weighted by atomic mass is 10.1. The zero-order valence-corrected chi connectivity index (χ0v) is 21.3. The maximum Gasteiger partial charge on any atom is 0.222 e. The zero-order valence-electron chi connectivity index (χ0n) is 21.3. The van der Waals surface area contributed by atoms with E-state index < -0.39 is 6.10 Å². The molecule has 1 aromatic heterocycles. The molecule has 0 amide bonds. The van der Waals surface area contributed by atoms with Gasteiger partial charge in [-0.15, -0.1) is 0 Å². The largest absolute Gasteiger partial charge is 0.497 e. The Hall–Kier alpha value is -2.91. The number of aromatic nitrogens is 2. The first-order valence-electron chi connectivity index (χ1n) is 11.9. The summed E-state index contributed by atoms with van der Waals surface area (Å²) in [6.07, 6.45) is -0.568. The zero-order chi connectivity index (χ0) is 25.2. The number of methoxy groups -OCH3 is 2. The molecule has 0 fully saturated rings. The van der Waals surface area contributed by atoms with Crippen molar-refractivity contribution in [1.29, 1.82) is 0 Å². The van der Waals surface area contributed by atoms with Crippen molar-refractivity contribution in [2.24, 2.45) is 7.05 Å². The summed E-state index contributed by atoms with van der Waals surface area (Å²) < 4.78 is 24.3. The molecule has 1 atom stereocenters. The number of ether oxygens (including phenoxy) is 4. The van der Waals surface area contributed by atoms with Crippen LogP contribution in [-0.2, 0) is 23.1 Å². The first-order valence-corrected chi connectivity index (χ1v) is 11.9. The van der Waals surface area contributed by atoms with Gasteiger partial charge in [-0.3, -0.25) is 4.90 Å². The van der Waals surface area contributed by atoms with Crippen LogP contribution in [0.25, 0.3) is 11.3 Å². The highest BCUT2D eigenvalue weighted by molar-refractivity contribution is 5.65. The lowest BCUT2D eigenvalue weighted by Crippen LogP contribution is -2.37. The second kappa shape index (κ2) is 13.3. The molecule has 3 rings (SSSR count). The average Bonchev–Trinajstić information content (AvgIpc) is 3.16. The number of benzene rings is 2. The van der Waals surface area contributed by atoms with Crippen molar-refractivity contribution in [3.05, 3.63) is 60.2 Å². The van der Waals surface area contributed by atoms with E-state index >= 15 is 0 Å². The summed E-state index contributed by atoms with van der Waals surface area (Å²) >= 11 is 0. The smallest absolute Gasteiger partial charge is 0.222 e. The quantitative estimate of drug-likeness (QED) is 0.370. The first-order chi connectivity index (χ1) is 16.9. The summed E-state index contributed by atoms with van der Waals surface area (Å²) in [7, 11) is 5.18. The van der Waals surface area contributed by atoms with E-state index in [9.17, 15) is 5.11 Å². The number of rotatable bonds is 14. The molecule has 0 radical (unpaired) electrons. The molecule has 8 heteroatoms. The number of aryl methyl sites for hydroxylation is 1. The van der Waals surface area contributed by atoms with Gasteiger partial charge in [0.1, 0.15) is 17.2 Å². The molecule has 0 saturated heterocycles. The highest BCUT2D eigenvalue weighted by Crippen LogP contribution is 2.34. The summed E-state index contributed by atoms with van der Waals surface area (Å²) in [5.74, 6) is 2.09. The minimum absolute atomic E-state index is 0.0598. The summed E-state index contributed by atoms with van der Waals surface area (Å²) in [5.41, 5.74) is 2.77. The summed E-state index contributed by atoms with van der Waals surface area (Å²) in [4.78, 5) is 2.14. The number of nitrogens with zero attached hydrogens (tertiary/aromatic N) is 3. The standard InChI is InChI=1S/C27H37N3O5/c1-20(2)34-19-22(31)17-30(15-16-32-4)18-25-26(21-9-7-6-8-10-21)28-29(3)27(25)35-24-13-11-23(33-5)12-14-24/h6-14,20,22,31H,15-19H2,1-5H3. The monoisotopic (exact) mass is 483 g/mol. The lowest BCUT2D eigenvalue weighted by Gasteiger charge is -2.25. The maximum atomic E-state index is 10.6. The van der Waals surface area contributed by atoms with Crippen LogP contribution in [0.2, 0.25) is 0 Å². The molecule has 2 aromatic carbocycles. The van der Waals surface area contributed by atoms with Crippen molar-refractivity contribution in [2.45, 2.75) is 32.6 Å². The van der Waals surface area contributed by atoms with Gasteiger partial charge in [0, 0.05) is 39.4 Å². The van der Waals surface area contributed by atoms with Crippen molar-refractivity contribution in [3.8, 4) is 28.6 Å². The molecule has 0 aliphatic carbocycles. The van der Waals surface area contributed by atoms with E-state index in [0.717, 1.165) is 22.6 Å². The normalized spacial score (nSPS) is 12.3. The van der Waals surface area contributed by atoms with Gasteiger partial charge in [-0.2, -0.15) is 5.10 Å². The van der Waals surface area contributed by atoms with E-state index in [-0.39, 0.29) is 12.7 Å². The van der Waals surface area contributed by atoms with Crippen LogP contribution in [0.3, 0.4) is 0 Å². The highest BCUT2D eigenvalue weighted by atomic mass is 16.5. The molecule has 3 aromatic rings. The van der Waals surface area contributed by atoms with Gasteiger partial charge in [-0.1, -0.05) is 30.3 Å². The molecular formula is C27H37N3O5. The fourth-order valence-corrected chi connectivity index (χ4v) is 3.74. The number of aliphatic hydroxyl groups excluding tert-OH is 1. The predicted molar refractivity (Wildman–Crippen MR) is 136 cm³/mol. The SMILES string of the molecule is COCCN(Cc1c(-c2ccccc2)nn(C)c1Oc1ccc(OC)cc1)CC(O)COC(C)C. The topological polar surface area (TPSA) is 78.2 Å². The second-order valence-electron chi connectivity index (χ2n) is 8.66. The van der Waals surface area contributed by atoms with Crippen molar-refractivity contribution < 1.29 is 24.1 Å². The van der Waals surface area contributed by atoms with Crippen LogP contribution in [-0.4, -0.2) is 72.5 Å². The molecule has 35 heavy (non-hydrogen) atoms. The van der Waals surface area contributed by atoms with Crippen LogP contribution in [0.1, 0.15) is 19.4 Å². The molecule has 0 bridgehead atoms. The molecule has 0 saturated carbocycles. The van der Waals surface area contributed by atoms with E-state index in [0.29, 0.717) is 37.9 Å². The molecule has 1 N–H and O–H groups in total. The van der Waals surface area contributed by atoms with E-state index in [1.165, 1.54) is 0 Å². The third-order valence-electron chi connectivity index (χ3n) is 5.49. The van der Waals surface area contributed by atoms with Gasteiger partial charge in [0.15, 0.2) is 0 Å². The second-order valence-corrected chi connectivity index (χ2v) is 8.66. The third kappa shape index (κ3) is 7.80. The van der Waals surface area contributed by atoms with Gasteiger partial charge < -0.3 is 24.1 Å². The fourth-order valence-electron chi connectivity index (χ4n) is 3.74. The maximum absolute atomic E-state index is 10.6. The van der Waals surface area contributed by atoms with Gasteiger partial charge in [0.05, 0.1) is 38.1 Å². The van der Waals surface area contributed by atoms with Crippen molar-refractivity contribution in [2.75, 3.05) is 40.5 Å². The number of hydrogen-bond donors (Lipinski definition) is 1. The Balaban J connectivity index is 1.93. The minimum Gasteiger partial charge on any atom is -0.497 e. The number of hydrogen-bond acceptors (Lipinski definition) is 7. The van der Waals surface area contributed by atoms with E-state index in [1.807, 2.05) is 75.5 Å². The molecule has 190 valence electrons. The average molecular weight is 484 g/mol. The van der Waals surface area contributed by atoms with Gasteiger partial charge >= 0.3 is 0 Å². The molecule has 0 aliphatic rings. The van der Waals surface area contributed by atoms with E-state index in [4.69, 9.17) is 24.0 Å². The van der Waals surface area contributed by atoms with E-state index in [1.54, 1.807) is 18.9 Å². The third-order valence-corrected chi connectivity index (χ3v) is 5.49. The van der Waals surface area contributed by atoms with Crippen LogP contribution in [0.15, 0.2) is 54.6 Å². The Bertz CT molecular complexity index is 1020. The Morgan fingerprint density at radius 2 is 1.69 bits per heavy atom. The Labute approximate surface area is 208 Å². The summed E-state index contributed by atoms with van der Waals surface area (Å²) in [6.45, 7) is 6.31. The Kier molecular flexibility index (Phi) is 10.1. The molecule has 1 unspecified atom stereocenters. The van der Waals surface area contributed by atoms with E-state index in [2.05, 4.69) is 4.90 Å². The summed E-state index contributed by atoms with van der Waals surface area (Å²) in [5, 5.41) is 15.4. The highest BCUT2D eigenvalue weighted by Gasteiger charge is 2.23. The Morgan fingerprint density at radius 3 is 2.31 bits per heavy atom. The van der Waals surface area contributed by atoms with Crippen molar-refractivity contribution in [1.82, 2.24) is 14.7 Å². The predicted octanol–water partition coefficient (Wildman–Crippen LogP) is 4.12. The number of aliphatic hydroxyl groups is 1. The van der Waals surface area contributed by atoms with Crippen LogP contribution in [0.4, 0.5) is 0 Å². The van der Waals surface area contributed by atoms with Crippen molar-refractivity contribution >= 4 is 0 Å². The van der Waals surface area contributed by atoms with Gasteiger partial charge in [-0.05, 0) is 38.1 Å². The first kappa shape index (κ1) is 26.7. The van der Waals surface area contributed by atoms with Crippen molar-refractivity contribution in [3.63, 3.8) is 0 Å². The molecular weight excluding hydrogens is 446 g/mol. The van der Waals surface area contributed by atoms with Crippen LogP contribution in [0.5, 0.6) is 17.4 Å². The molecule has 0 aliphatic heterocycles. The van der Waals surface area contributed by atoms with Gasteiger partial charge in [0.25, 0.3) is 0 Å². The van der Waals surface area contributed by atoms with Crippen LogP contribution in [0, 0.1) is 0 Å². The molecule has 8 nitrogen and oxygen atoms in total. The lowest BCUT2D eigenvalue weighted by molar-refractivity contribution is -0.0121. The molecule has 1 heterocycles. The minimum atomic E-state index is -0.628. The summed E-state index contributed by atoms with van der Waals surface area (Å²) in [6, 6.07) is 17.5.